The fourth-order valence-corrected chi connectivity index (χ4v) is 3.39. The lowest BCUT2D eigenvalue weighted by Crippen LogP contribution is -2.22. The summed E-state index contributed by atoms with van der Waals surface area (Å²) >= 11 is 7.69. The Morgan fingerprint density at radius 1 is 1.15 bits per heavy atom. The first kappa shape index (κ1) is 17.4. The third-order valence-corrected chi connectivity index (χ3v) is 5.08. The van der Waals surface area contributed by atoms with Crippen LogP contribution < -0.4 is 5.32 Å². The van der Waals surface area contributed by atoms with E-state index in [1.165, 1.54) is 6.08 Å². The minimum Gasteiger partial charge on any atom is -0.345 e. The van der Waals surface area contributed by atoms with Crippen LogP contribution in [0.3, 0.4) is 0 Å². The topological polar surface area (TPSA) is 72.2 Å². The fraction of sp³-hybridized carbons (Fsp3) is 0.0526. The SMILES string of the molecule is O=C(C=Cc1ccccc1Cl)NCc1nnc2ccc(-c3cccs3)nn12. The molecule has 1 amide bonds. The van der Waals surface area contributed by atoms with E-state index in [0.29, 0.717) is 16.5 Å². The Labute approximate surface area is 164 Å². The maximum atomic E-state index is 12.1. The number of rotatable bonds is 5. The molecule has 3 aromatic heterocycles. The van der Waals surface area contributed by atoms with E-state index < -0.39 is 0 Å². The number of carbonyl (C=O) groups is 1. The Bertz CT molecular complexity index is 1120. The summed E-state index contributed by atoms with van der Waals surface area (Å²) in [5.41, 5.74) is 2.25. The van der Waals surface area contributed by atoms with Crippen LogP contribution in [-0.2, 0) is 11.3 Å². The van der Waals surface area contributed by atoms with Crippen molar-refractivity contribution in [2.24, 2.45) is 0 Å². The summed E-state index contributed by atoms with van der Waals surface area (Å²) in [5.74, 6) is 0.309. The van der Waals surface area contributed by atoms with Crippen molar-refractivity contribution in [2.75, 3.05) is 0 Å². The molecule has 0 aliphatic carbocycles. The quantitative estimate of drug-likeness (QED) is 0.521. The van der Waals surface area contributed by atoms with Gasteiger partial charge in [-0.25, -0.2) is 0 Å². The third kappa shape index (κ3) is 3.89. The molecule has 4 rings (SSSR count). The van der Waals surface area contributed by atoms with Crippen molar-refractivity contribution >= 4 is 40.6 Å². The van der Waals surface area contributed by atoms with E-state index in [2.05, 4.69) is 20.6 Å². The monoisotopic (exact) mass is 395 g/mol. The first-order valence-corrected chi connectivity index (χ1v) is 9.42. The number of nitrogens with zero attached hydrogens (tertiary/aromatic N) is 4. The molecule has 8 heteroatoms. The predicted molar refractivity (Wildman–Crippen MR) is 106 cm³/mol. The summed E-state index contributed by atoms with van der Waals surface area (Å²) in [7, 11) is 0. The number of hydrogen-bond acceptors (Lipinski definition) is 5. The summed E-state index contributed by atoms with van der Waals surface area (Å²) in [4.78, 5) is 13.2. The predicted octanol–water partition coefficient (Wildman–Crippen LogP) is 3.84. The normalized spacial score (nSPS) is 11.3. The molecule has 0 atom stereocenters. The molecular formula is C19H14ClN5OS. The van der Waals surface area contributed by atoms with Gasteiger partial charge in [0.1, 0.15) is 5.69 Å². The second-order valence-corrected chi connectivity index (χ2v) is 7.01. The molecule has 0 aliphatic heterocycles. The van der Waals surface area contributed by atoms with Crippen molar-refractivity contribution in [3.63, 3.8) is 0 Å². The van der Waals surface area contributed by atoms with Crippen LogP contribution in [0.25, 0.3) is 22.3 Å². The van der Waals surface area contributed by atoms with E-state index in [0.717, 1.165) is 16.1 Å². The molecule has 0 spiro atoms. The average Bonchev–Trinajstić information content (AvgIpc) is 3.35. The Morgan fingerprint density at radius 2 is 2.04 bits per heavy atom. The molecule has 6 nitrogen and oxygen atoms in total. The molecule has 3 heterocycles. The largest absolute Gasteiger partial charge is 0.345 e. The van der Waals surface area contributed by atoms with Crippen molar-refractivity contribution in [2.45, 2.75) is 6.54 Å². The molecule has 1 N–H and O–H groups in total. The van der Waals surface area contributed by atoms with E-state index in [-0.39, 0.29) is 12.5 Å². The zero-order chi connectivity index (χ0) is 18.6. The Balaban J connectivity index is 1.48. The Kier molecular flexibility index (Phi) is 4.95. The maximum absolute atomic E-state index is 12.1. The summed E-state index contributed by atoms with van der Waals surface area (Å²) in [6.07, 6.45) is 3.11. The van der Waals surface area contributed by atoms with E-state index in [4.69, 9.17) is 11.6 Å². The van der Waals surface area contributed by atoms with Crippen molar-refractivity contribution in [1.82, 2.24) is 25.1 Å². The molecule has 0 unspecified atom stereocenters. The number of carbonyl (C=O) groups excluding carboxylic acids is 1. The fourth-order valence-electron chi connectivity index (χ4n) is 2.50. The van der Waals surface area contributed by atoms with E-state index in [9.17, 15) is 4.79 Å². The van der Waals surface area contributed by atoms with E-state index in [1.807, 2.05) is 47.8 Å². The average molecular weight is 396 g/mol. The molecule has 0 aliphatic rings. The number of hydrogen-bond donors (Lipinski definition) is 1. The number of thiophene rings is 1. The van der Waals surface area contributed by atoms with Crippen molar-refractivity contribution < 1.29 is 4.79 Å². The first-order chi connectivity index (χ1) is 13.2. The van der Waals surface area contributed by atoms with Gasteiger partial charge in [0.15, 0.2) is 11.5 Å². The van der Waals surface area contributed by atoms with Crippen LogP contribution in [0.2, 0.25) is 5.02 Å². The molecular weight excluding hydrogens is 382 g/mol. The lowest BCUT2D eigenvalue weighted by atomic mass is 10.2. The first-order valence-electron chi connectivity index (χ1n) is 8.16. The number of halogens is 1. The molecule has 0 bridgehead atoms. The molecule has 0 radical (unpaired) electrons. The van der Waals surface area contributed by atoms with Crippen LogP contribution >= 0.6 is 22.9 Å². The summed E-state index contributed by atoms with van der Waals surface area (Å²) in [6.45, 7) is 0.216. The van der Waals surface area contributed by atoms with Crippen LogP contribution in [0.15, 0.2) is 60.0 Å². The van der Waals surface area contributed by atoms with Gasteiger partial charge in [0.2, 0.25) is 5.91 Å². The molecule has 0 fully saturated rings. The highest BCUT2D eigenvalue weighted by atomic mass is 35.5. The van der Waals surface area contributed by atoms with Crippen LogP contribution in [0.4, 0.5) is 0 Å². The summed E-state index contributed by atoms with van der Waals surface area (Å²) in [6, 6.07) is 15.1. The second kappa shape index (κ2) is 7.69. The number of benzene rings is 1. The molecule has 0 saturated carbocycles. The van der Waals surface area contributed by atoms with Gasteiger partial charge in [-0.3, -0.25) is 4.79 Å². The van der Waals surface area contributed by atoms with Gasteiger partial charge < -0.3 is 5.32 Å². The van der Waals surface area contributed by atoms with Crippen molar-refractivity contribution in [3.8, 4) is 10.6 Å². The molecule has 27 heavy (non-hydrogen) atoms. The number of amides is 1. The van der Waals surface area contributed by atoms with Gasteiger partial charge in [-0.2, -0.15) is 9.61 Å². The zero-order valence-corrected chi connectivity index (χ0v) is 15.6. The van der Waals surface area contributed by atoms with Crippen LogP contribution in [0.1, 0.15) is 11.4 Å². The minimum atomic E-state index is -0.249. The zero-order valence-electron chi connectivity index (χ0n) is 14.0. The van der Waals surface area contributed by atoms with E-state index in [1.54, 1.807) is 28.0 Å². The molecule has 1 aromatic carbocycles. The van der Waals surface area contributed by atoms with Gasteiger partial charge in [0.05, 0.1) is 11.4 Å². The minimum absolute atomic E-state index is 0.216. The lowest BCUT2D eigenvalue weighted by molar-refractivity contribution is -0.116. The van der Waals surface area contributed by atoms with E-state index >= 15 is 0 Å². The Morgan fingerprint density at radius 3 is 2.85 bits per heavy atom. The van der Waals surface area contributed by atoms with Gasteiger partial charge in [-0.05, 0) is 41.3 Å². The van der Waals surface area contributed by atoms with Gasteiger partial charge in [-0.15, -0.1) is 21.5 Å². The van der Waals surface area contributed by atoms with Crippen LogP contribution in [0, 0.1) is 0 Å². The number of nitrogens with one attached hydrogen (secondary N) is 1. The van der Waals surface area contributed by atoms with Crippen molar-refractivity contribution in [3.05, 3.63) is 76.4 Å². The molecule has 4 aromatic rings. The standard InChI is InChI=1S/C19H14ClN5OS/c20-14-5-2-1-4-13(14)7-10-19(26)21-12-18-23-22-17-9-8-15(24-25(17)18)16-6-3-11-27-16/h1-11H,12H2,(H,21,26). The molecule has 134 valence electrons. The third-order valence-electron chi connectivity index (χ3n) is 3.84. The van der Waals surface area contributed by atoms with Crippen LogP contribution in [-0.4, -0.2) is 25.7 Å². The highest BCUT2D eigenvalue weighted by Gasteiger charge is 2.10. The highest BCUT2D eigenvalue weighted by molar-refractivity contribution is 7.13. The second-order valence-electron chi connectivity index (χ2n) is 5.65. The highest BCUT2D eigenvalue weighted by Crippen LogP contribution is 2.22. The smallest absolute Gasteiger partial charge is 0.244 e. The number of aromatic nitrogens is 4. The van der Waals surface area contributed by atoms with Crippen LogP contribution in [0.5, 0.6) is 0 Å². The summed E-state index contributed by atoms with van der Waals surface area (Å²) < 4.78 is 1.65. The lowest BCUT2D eigenvalue weighted by Gasteiger charge is -2.02. The van der Waals surface area contributed by atoms with Gasteiger partial charge in [0, 0.05) is 11.1 Å². The maximum Gasteiger partial charge on any atom is 0.244 e. The molecule has 0 saturated heterocycles. The summed E-state index contributed by atoms with van der Waals surface area (Å²) in [5, 5.41) is 18.2. The van der Waals surface area contributed by atoms with Gasteiger partial charge in [0.25, 0.3) is 0 Å². The Hall–Kier alpha value is -3.03. The van der Waals surface area contributed by atoms with Gasteiger partial charge >= 0.3 is 0 Å². The van der Waals surface area contributed by atoms with Crippen molar-refractivity contribution in [1.29, 1.82) is 0 Å². The van der Waals surface area contributed by atoms with Gasteiger partial charge in [-0.1, -0.05) is 35.9 Å². The number of fused-ring (bicyclic) bond motifs is 1.